The van der Waals surface area contributed by atoms with E-state index >= 15 is 0 Å². The van der Waals surface area contributed by atoms with Crippen LogP contribution in [0.5, 0.6) is 0 Å². The maximum absolute atomic E-state index is 10.8. The molecule has 0 radical (unpaired) electrons. The summed E-state index contributed by atoms with van der Waals surface area (Å²) in [6.45, 7) is 2.42. The summed E-state index contributed by atoms with van der Waals surface area (Å²) in [6, 6.07) is 4.98. The molecular formula is C13H13N3O2. The molecule has 0 aliphatic heterocycles. The first-order valence-corrected chi connectivity index (χ1v) is 5.49. The Morgan fingerprint density at radius 1 is 1.39 bits per heavy atom. The Morgan fingerprint density at radius 2 is 2.22 bits per heavy atom. The maximum Gasteiger partial charge on any atom is 0.335 e. The number of carbonyl (C=O) groups is 1. The predicted molar refractivity (Wildman–Crippen MR) is 67.5 cm³/mol. The highest BCUT2D eigenvalue weighted by Crippen LogP contribution is 2.17. The summed E-state index contributed by atoms with van der Waals surface area (Å²) in [7, 11) is 0. The van der Waals surface area contributed by atoms with Crippen molar-refractivity contribution in [1.82, 2.24) is 9.97 Å². The van der Waals surface area contributed by atoms with Gasteiger partial charge in [0, 0.05) is 18.1 Å². The molecule has 0 fully saturated rings. The summed E-state index contributed by atoms with van der Waals surface area (Å²) >= 11 is 0. The first-order valence-electron chi connectivity index (χ1n) is 5.49. The molecule has 5 heteroatoms. The van der Waals surface area contributed by atoms with Crippen molar-refractivity contribution in [2.75, 3.05) is 5.32 Å². The van der Waals surface area contributed by atoms with E-state index in [9.17, 15) is 4.79 Å². The number of aryl methyl sites for hydroxylation is 1. The Labute approximate surface area is 105 Å². The number of hydrogen-bond donors (Lipinski definition) is 2. The van der Waals surface area contributed by atoms with Crippen LogP contribution in [0.4, 0.5) is 5.69 Å². The zero-order valence-corrected chi connectivity index (χ0v) is 9.92. The van der Waals surface area contributed by atoms with Gasteiger partial charge in [0.1, 0.15) is 0 Å². The number of nitrogens with one attached hydrogen (secondary N) is 1. The van der Waals surface area contributed by atoms with Crippen LogP contribution in [-0.2, 0) is 6.54 Å². The van der Waals surface area contributed by atoms with Crippen molar-refractivity contribution >= 4 is 11.7 Å². The van der Waals surface area contributed by atoms with E-state index < -0.39 is 5.97 Å². The molecule has 0 atom stereocenters. The van der Waals surface area contributed by atoms with Gasteiger partial charge in [0.25, 0.3) is 0 Å². The quantitative estimate of drug-likeness (QED) is 0.860. The average molecular weight is 243 g/mol. The summed E-state index contributed by atoms with van der Waals surface area (Å²) in [5.41, 5.74) is 2.90. The molecule has 1 aromatic heterocycles. The number of rotatable bonds is 4. The Morgan fingerprint density at radius 3 is 2.83 bits per heavy atom. The van der Waals surface area contributed by atoms with E-state index in [-0.39, 0.29) is 5.56 Å². The zero-order valence-electron chi connectivity index (χ0n) is 9.92. The van der Waals surface area contributed by atoms with Crippen LogP contribution in [0.15, 0.2) is 36.8 Å². The van der Waals surface area contributed by atoms with E-state index in [4.69, 9.17) is 5.11 Å². The predicted octanol–water partition coefficient (Wildman–Crippen LogP) is 2.10. The molecule has 0 unspecified atom stereocenters. The lowest BCUT2D eigenvalue weighted by molar-refractivity contribution is 0.0697. The first kappa shape index (κ1) is 12.0. The average Bonchev–Trinajstić information content (AvgIpc) is 2.38. The molecule has 2 aromatic rings. The molecular weight excluding hydrogens is 230 g/mol. The minimum absolute atomic E-state index is 0.289. The molecule has 5 nitrogen and oxygen atoms in total. The number of carboxylic acid groups (broad SMARTS) is 1. The van der Waals surface area contributed by atoms with Crippen LogP contribution < -0.4 is 5.32 Å². The smallest absolute Gasteiger partial charge is 0.335 e. The number of anilines is 1. The Hall–Kier alpha value is -2.43. The summed E-state index contributed by atoms with van der Waals surface area (Å²) in [6.07, 6.45) is 4.95. The van der Waals surface area contributed by atoms with Gasteiger partial charge in [0.2, 0.25) is 0 Å². The number of benzene rings is 1. The standard InChI is InChI=1S/C13H13N3O2/c1-9-6-10(13(17)18)2-3-12(9)16-8-11-7-14-4-5-15-11/h2-7,16H,8H2,1H3,(H,17,18). The van der Waals surface area contributed by atoms with Crippen LogP contribution >= 0.6 is 0 Å². The molecule has 92 valence electrons. The maximum atomic E-state index is 10.8. The van der Waals surface area contributed by atoms with Crippen LogP contribution in [0.2, 0.25) is 0 Å². The highest BCUT2D eigenvalue weighted by Gasteiger charge is 2.05. The van der Waals surface area contributed by atoms with Crippen molar-refractivity contribution < 1.29 is 9.90 Å². The molecule has 0 amide bonds. The lowest BCUT2D eigenvalue weighted by Gasteiger charge is -2.09. The highest BCUT2D eigenvalue weighted by atomic mass is 16.4. The van der Waals surface area contributed by atoms with Gasteiger partial charge in [-0.3, -0.25) is 9.97 Å². The van der Waals surface area contributed by atoms with Gasteiger partial charge >= 0.3 is 5.97 Å². The Kier molecular flexibility index (Phi) is 3.52. The normalized spacial score (nSPS) is 10.1. The van der Waals surface area contributed by atoms with Gasteiger partial charge in [-0.1, -0.05) is 0 Å². The van der Waals surface area contributed by atoms with Crippen molar-refractivity contribution in [3.63, 3.8) is 0 Å². The highest BCUT2D eigenvalue weighted by molar-refractivity contribution is 5.88. The number of nitrogens with zero attached hydrogens (tertiary/aromatic N) is 2. The molecule has 1 heterocycles. The molecule has 0 saturated heterocycles. The minimum Gasteiger partial charge on any atom is -0.478 e. The number of hydrogen-bond acceptors (Lipinski definition) is 4. The van der Waals surface area contributed by atoms with E-state index in [1.165, 1.54) is 0 Å². The molecule has 2 N–H and O–H groups in total. The fourth-order valence-electron chi connectivity index (χ4n) is 1.60. The van der Waals surface area contributed by atoms with Crippen LogP contribution in [0.3, 0.4) is 0 Å². The minimum atomic E-state index is -0.918. The summed E-state index contributed by atoms with van der Waals surface area (Å²) in [4.78, 5) is 18.9. The van der Waals surface area contributed by atoms with Crippen LogP contribution in [0.25, 0.3) is 0 Å². The Balaban J connectivity index is 2.08. The van der Waals surface area contributed by atoms with Crippen molar-refractivity contribution in [2.45, 2.75) is 13.5 Å². The molecule has 0 saturated carbocycles. The molecule has 1 aromatic carbocycles. The number of carboxylic acids is 1. The van der Waals surface area contributed by atoms with Crippen molar-refractivity contribution in [3.8, 4) is 0 Å². The Bertz CT molecular complexity index is 555. The van der Waals surface area contributed by atoms with E-state index in [0.717, 1.165) is 16.9 Å². The van der Waals surface area contributed by atoms with Crippen molar-refractivity contribution in [1.29, 1.82) is 0 Å². The molecule has 0 bridgehead atoms. The second-order valence-electron chi connectivity index (χ2n) is 3.89. The third-order valence-electron chi connectivity index (χ3n) is 2.55. The lowest BCUT2D eigenvalue weighted by atomic mass is 10.1. The second kappa shape index (κ2) is 5.27. The summed E-state index contributed by atoms with van der Waals surface area (Å²) in [5, 5.41) is 12.1. The van der Waals surface area contributed by atoms with Gasteiger partial charge in [-0.05, 0) is 30.7 Å². The fraction of sp³-hybridized carbons (Fsp3) is 0.154. The van der Waals surface area contributed by atoms with Gasteiger partial charge in [-0.25, -0.2) is 4.79 Å². The van der Waals surface area contributed by atoms with Gasteiger partial charge in [-0.2, -0.15) is 0 Å². The van der Waals surface area contributed by atoms with Gasteiger partial charge < -0.3 is 10.4 Å². The van der Waals surface area contributed by atoms with Crippen molar-refractivity contribution in [3.05, 3.63) is 53.6 Å². The first-order chi connectivity index (χ1) is 8.66. The lowest BCUT2D eigenvalue weighted by Crippen LogP contribution is -2.04. The SMILES string of the molecule is Cc1cc(C(=O)O)ccc1NCc1cnccn1. The second-order valence-corrected chi connectivity index (χ2v) is 3.89. The number of aromatic nitrogens is 2. The molecule has 2 rings (SSSR count). The van der Waals surface area contributed by atoms with Crippen molar-refractivity contribution in [2.24, 2.45) is 0 Å². The van der Waals surface area contributed by atoms with Gasteiger partial charge in [0.05, 0.1) is 24.0 Å². The van der Waals surface area contributed by atoms with Crippen LogP contribution in [0.1, 0.15) is 21.6 Å². The molecule has 0 spiro atoms. The van der Waals surface area contributed by atoms with Crippen LogP contribution in [-0.4, -0.2) is 21.0 Å². The van der Waals surface area contributed by atoms with E-state index in [2.05, 4.69) is 15.3 Å². The topological polar surface area (TPSA) is 75.1 Å². The number of aromatic carboxylic acids is 1. The van der Waals surface area contributed by atoms with E-state index in [1.807, 2.05) is 6.92 Å². The van der Waals surface area contributed by atoms with Gasteiger partial charge in [0.15, 0.2) is 0 Å². The monoisotopic (exact) mass is 243 g/mol. The summed E-state index contributed by atoms with van der Waals surface area (Å²) < 4.78 is 0. The summed E-state index contributed by atoms with van der Waals surface area (Å²) in [5.74, 6) is -0.918. The fourth-order valence-corrected chi connectivity index (χ4v) is 1.60. The van der Waals surface area contributed by atoms with Crippen LogP contribution in [0, 0.1) is 6.92 Å². The zero-order chi connectivity index (χ0) is 13.0. The van der Waals surface area contributed by atoms with E-state index in [1.54, 1.807) is 36.8 Å². The third-order valence-corrected chi connectivity index (χ3v) is 2.55. The largest absolute Gasteiger partial charge is 0.478 e. The molecule has 0 aliphatic rings. The van der Waals surface area contributed by atoms with Gasteiger partial charge in [-0.15, -0.1) is 0 Å². The molecule has 18 heavy (non-hydrogen) atoms. The molecule has 0 aliphatic carbocycles. The van der Waals surface area contributed by atoms with E-state index in [0.29, 0.717) is 6.54 Å². The third kappa shape index (κ3) is 2.82.